The average Bonchev–Trinajstić information content (AvgIpc) is 2.53. The van der Waals surface area contributed by atoms with Crippen LogP contribution >= 0.6 is 0 Å². The van der Waals surface area contributed by atoms with E-state index in [4.69, 9.17) is 5.26 Å². The van der Waals surface area contributed by atoms with Crippen LogP contribution in [0, 0.1) is 11.3 Å². The molecule has 0 saturated heterocycles. The highest BCUT2D eigenvalue weighted by molar-refractivity contribution is 5.11. The maximum absolute atomic E-state index is 8.62. The van der Waals surface area contributed by atoms with Gasteiger partial charge in [-0.05, 0) is 31.4 Å². The van der Waals surface area contributed by atoms with Crippen LogP contribution in [0.25, 0.3) is 0 Å². The van der Waals surface area contributed by atoms with Crippen molar-refractivity contribution in [3.05, 3.63) is 24.0 Å². The van der Waals surface area contributed by atoms with Crippen LogP contribution in [0.2, 0.25) is 0 Å². The number of hydrogen-bond donors (Lipinski definition) is 0. The Morgan fingerprint density at radius 1 is 1.67 bits per heavy atom. The molecule has 0 amide bonds. The standard InChI is InChI=1S/C10H12N2/c11-7-6-10-4-1-3-9-5-2-8-12(9)10/h2,5,8,10H,1,3-4,6H2. The van der Waals surface area contributed by atoms with Gasteiger partial charge in [0.15, 0.2) is 0 Å². The fraction of sp³-hybridized carbons (Fsp3) is 0.500. The minimum atomic E-state index is 0.439. The van der Waals surface area contributed by atoms with Gasteiger partial charge in [0.2, 0.25) is 0 Å². The van der Waals surface area contributed by atoms with E-state index in [0.29, 0.717) is 12.5 Å². The second-order valence-electron chi connectivity index (χ2n) is 3.32. The maximum atomic E-state index is 8.62. The molecule has 2 rings (SSSR count). The number of nitriles is 1. The number of hydrogen-bond acceptors (Lipinski definition) is 1. The van der Waals surface area contributed by atoms with Crippen LogP contribution < -0.4 is 0 Å². The number of nitrogens with zero attached hydrogens (tertiary/aromatic N) is 2. The summed E-state index contributed by atoms with van der Waals surface area (Å²) in [5, 5.41) is 8.62. The monoisotopic (exact) mass is 160 g/mol. The van der Waals surface area contributed by atoms with Crippen molar-refractivity contribution in [2.75, 3.05) is 0 Å². The lowest BCUT2D eigenvalue weighted by Gasteiger charge is -2.23. The van der Waals surface area contributed by atoms with Crippen LogP contribution in [0.5, 0.6) is 0 Å². The van der Waals surface area contributed by atoms with Crippen molar-refractivity contribution in [3.8, 4) is 6.07 Å². The molecule has 0 bridgehead atoms. The van der Waals surface area contributed by atoms with Crippen molar-refractivity contribution in [1.82, 2.24) is 4.57 Å². The fourth-order valence-corrected chi connectivity index (χ4v) is 1.96. The van der Waals surface area contributed by atoms with Crippen LogP contribution in [0.3, 0.4) is 0 Å². The summed E-state index contributed by atoms with van der Waals surface area (Å²) >= 11 is 0. The van der Waals surface area contributed by atoms with E-state index in [-0.39, 0.29) is 0 Å². The Kier molecular flexibility index (Phi) is 1.87. The first kappa shape index (κ1) is 7.42. The molecule has 62 valence electrons. The Morgan fingerprint density at radius 3 is 3.42 bits per heavy atom. The van der Waals surface area contributed by atoms with E-state index in [1.54, 1.807) is 0 Å². The first-order valence-corrected chi connectivity index (χ1v) is 4.44. The highest BCUT2D eigenvalue weighted by Gasteiger charge is 2.17. The van der Waals surface area contributed by atoms with E-state index < -0.39 is 0 Å². The van der Waals surface area contributed by atoms with Crippen molar-refractivity contribution in [2.24, 2.45) is 0 Å². The summed E-state index contributed by atoms with van der Waals surface area (Å²) in [6, 6.07) is 6.92. The van der Waals surface area contributed by atoms with Crippen LogP contribution in [-0.4, -0.2) is 4.57 Å². The van der Waals surface area contributed by atoms with E-state index in [0.717, 1.165) is 6.42 Å². The third-order valence-corrected chi connectivity index (χ3v) is 2.56. The average molecular weight is 160 g/mol. The molecule has 0 spiro atoms. The molecule has 0 N–H and O–H groups in total. The molecule has 2 nitrogen and oxygen atoms in total. The molecule has 0 fully saturated rings. The van der Waals surface area contributed by atoms with Crippen LogP contribution in [0.1, 0.15) is 31.0 Å². The van der Waals surface area contributed by atoms with Gasteiger partial charge in [-0.2, -0.15) is 5.26 Å². The SMILES string of the molecule is N#CCC1CCCc2cccn21. The van der Waals surface area contributed by atoms with Gasteiger partial charge < -0.3 is 4.57 Å². The molecule has 1 aliphatic rings. The van der Waals surface area contributed by atoms with Gasteiger partial charge in [-0.15, -0.1) is 0 Å². The zero-order valence-electron chi connectivity index (χ0n) is 7.03. The molecule has 1 aliphatic heterocycles. The summed E-state index contributed by atoms with van der Waals surface area (Å²) in [5.74, 6) is 0. The fourth-order valence-electron chi connectivity index (χ4n) is 1.96. The Hall–Kier alpha value is -1.23. The van der Waals surface area contributed by atoms with Gasteiger partial charge in [0.05, 0.1) is 12.5 Å². The van der Waals surface area contributed by atoms with Crippen LogP contribution in [-0.2, 0) is 6.42 Å². The zero-order valence-corrected chi connectivity index (χ0v) is 7.03. The highest BCUT2D eigenvalue weighted by Crippen LogP contribution is 2.26. The second-order valence-corrected chi connectivity index (χ2v) is 3.32. The molecule has 1 aromatic heterocycles. The van der Waals surface area contributed by atoms with Gasteiger partial charge in [-0.1, -0.05) is 0 Å². The smallest absolute Gasteiger partial charge is 0.0643 e. The predicted molar refractivity (Wildman–Crippen MR) is 46.6 cm³/mol. The quantitative estimate of drug-likeness (QED) is 0.619. The molecule has 2 heterocycles. The maximum Gasteiger partial charge on any atom is 0.0643 e. The third-order valence-electron chi connectivity index (χ3n) is 2.56. The zero-order chi connectivity index (χ0) is 8.39. The molecule has 0 aromatic carbocycles. The van der Waals surface area contributed by atoms with E-state index in [1.165, 1.54) is 18.5 Å². The molecule has 1 aromatic rings. The minimum Gasteiger partial charge on any atom is -0.347 e. The summed E-state index contributed by atoms with van der Waals surface area (Å²) < 4.78 is 2.26. The summed E-state index contributed by atoms with van der Waals surface area (Å²) in [6.45, 7) is 0. The number of rotatable bonds is 1. The molecular formula is C10H12N2. The van der Waals surface area contributed by atoms with Gasteiger partial charge >= 0.3 is 0 Å². The lowest BCUT2D eigenvalue weighted by Crippen LogP contribution is -2.15. The van der Waals surface area contributed by atoms with E-state index in [9.17, 15) is 0 Å². The van der Waals surface area contributed by atoms with E-state index in [1.807, 2.05) is 0 Å². The second kappa shape index (κ2) is 3.02. The largest absolute Gasteiger partial charge is 0.347 e. The minimum absolute atomic E-state index is 0.439. The summed E-state index contributed by atoms with van der Waals surface area (Å²) in [7, 11) is 0. The topological polar surface area (TPSA) is 28.7 Å². The van der Waals surface area contributed by atoms with Crippen molar-refractivity contribution in [1.29, 1.82) is 5.26 Å². The summed E-state index contributed by atoms with van der Waals surface area (Å²) in [4.78, 5) is 0. The van der Waals surface area contributed by atoms with Gasteiger partial charge in [-0.3, -0.25) is 0 Å². The lowest BCUT2D eigenvalue weighted by molar-refractivity contribution is 0.409. The summed E-state index contributed by atoms with van der Waals surface area (Å²) in [6.07, 6.45) is 6.32. The molecule has 0 aliphatic carbocycles. The lowest BCUT2D eigenvalue weighted by atomic mass is 10.0. The van der Waals surface area contributed by atoms with Gasteiger partial charge in [-0.25, -0.2) is 0 Å². The first-order valence-electron chi connectivity index (χ1n) is 4.44. The molecule has 1 unspecified atom stereocenters. The molecule has 2 heteroatoms. The Morgan fingerprint density at radius 2 is 2.58 bits per heavy atom. The van der Waals surface area contributed by atoms with Crippen LogP contribution in [0.4, 0.5) is 0 Å². The first-order chi connectivity index (χ1) is 5.92. The molecule has 0 radical (unpaired) electrons. The van der Waals surface area contributed by atoms with E-state index in [2.05, 4.69) is 29.0 Å². The van der Waals surface area contributed by atoms with Crippen molar-refractivity contribution >= 4 is 0 Å². The third kappa shape index (κ3) is 1.12. The number of fused-ring (bicyclic) bond motifs is 1. The van der Waals surface area contributed by atoms with Gasteiger partial charge in [0.25, 0.3) is 0 Å². The number of aryl methyl sites for hydroxylation is 1. The van der Waals surface area contributed by atoms with Crippen molar-refractivity contribution in [3.63, 3.8) is 0 Å². The van der Waals surface area contributed by atoms with Crippen molar-refractivity contribution in [2.45, 2.75) is 31.7 Å². The molecular weight excluding hydrogens is 148 g/mol. The molecule has 1 atom stereocenters. The summed E-state index contributed by atoms with van der Waals surface area (Å²) in [5.41, 5.74) is 1.39. The van der Waals surface area contributed by atoms with E-state index >= 15 is 0 Å². The van der Waals surface area contributed by atoms with Crippen LogP contribution in [0.15, 0.2) is 18.3 Å². The van der Waals surface area contributed by atoms with Gasteiger partial charge in [0.1, 0.15) is 0 Å². The Bertz CT molecular complexity index is 306. The Balaban J connectivity index is 2.26. The molecule has 0 saturated carbocycles. The molecule has 12 heavy (non-hydrogen) atoms. The highest BCUT2D eigenvalue weighted by atomic mass is 15.0. The Labute approximate surface area is 72.4 Å². The van der Waals surface area contributed by atoms with Crippen molar-refractivity contribution < 1.29 is 0 Å². The number of aromatic nitrogens is 1. The normalized spacial score (nSPS) is 21.4. The predicted octanol–water partition coefficient (Wildman–Crippen LogP) is 2.28. The van der Waals surface area contributed by atoms with Gasteiger partial charge in [0, 0.05) is 17.9 Å².